The van der Waals surface area contributed by atoms with Crippen molar-refractivity contribution in [1.29, 1.82) is 0 Å². The van der Waals surface area contributed by atoms with Crippen molar-refractivity contribution < 1.29 is 27.6 Å². The van der Waals surface area contributed by atoms with Crippen molar-refractivity contribution in [1.82, 2.24) is 15.1 Å². The predicted molar refractivity (Wildman–Crippen MR) is 126 cm³/mol. The van der Waals surface area contributed by atoms with Gasteiger partial charge in [-0.2, -0.15) is 0 Å². The number of carbonyl (C=O) groups is 3. The number of amides is 3. The van der Waals surface area contributed by atoms with Crippen LogP contribution in [0.25, 0.3) is 11.0 Å². The predicted octanol–water partition coefficient (Wildman–Crippen LogP) is 2.79. The molecule has 1 aromatic heterocycles. The van der Waals surface area contributed by atoms with E-state index >= 15 is 4.39 Å². The first-order valence-corrected chi connectivity index (χ1v) is 12.0. The maximum Gasteiger partial charge on any atom is 0.255 e. The molecule has 4 heterocycles. The van der Waals surface area contributed by atoms with Crippen LogP contribution in [-0.4, -0.2) is 59.7 Å². The first kappa shape index (κ1) is 22.7. The van der Waals surface area contributed by atoms with Gasteiger partial charge in [-0.05, 0) is 36.2 Å². The van der Waals surface area contributed by atoms with Crippen molar-refractivity contribution in [3.05, 3.63) is 64.9 Å². The maximum absolute atomic E-state index is 15.1. The first-order chi connectivity index (χ1) is 17.4. The average Bonchev–Trinajstić information content (AvgIpc) is 3.47. The molecule has 1 atom stereocenters. The minimum atomic E-state index is -0.732. The van der Waals surface area contributed by atoms with Crippen LogP contribution < -0.4 is 10.2 Å². The quantitative estimate of drug-likeness (QED) is 0.562. The Balaban J connectivity index is 1.15. The summed E-state index contributed by atoms with van der Waals surface area (Å²) in [6.45, 7) is 3.33. The fourth-order valence-electron chi connectivity index (χ4n) is 5.42. The number of imide groups is 1. The number of piperidine rings is 1. The summed E-state index contributed by atoms with van der Waals surface area (Å²) in [7, 11) is 0. The zero-order chi connectivity index (χ0) is 25.0. The number of rotatable bonds is 4. The maximum atomic E-state index is 15.1. The first-order valence-electron chi connectivity index (χ1n) is 12.0. The van der Waals surface area contributed by atoms with E-state index in [0.717, 1.165) is 5.56 Å². The summed E-state index contributed by atoms with van der Waals surface area (Å²) in [5.41, 5.74) is 2.82. The van der Waals surface area contributed by atoms with Crippen LogP contribution in [0, 0.1) is 11.6 Å². The van der Waals surface area contributed by atoms with Crippen molar-refractivity contribution in [3.63, 3.8) is 0 Å². The summed E-state index contributed by atoms with van der Waals surface area (Å²) < 4.78 is 34.6. The molecule has 0 aliphatic carbocycles. The molecular formula is C26H24F2N4O4. The smallest absolute Gasteiger partial charge is 0.255 e. The topological polar surface area (TPSA) is 86.1 Å². The van der Waals surface area contributed by atoms with Crippen LogP contribution in [0.2, 0.25) is 0 Å². The third kappa shape index (κ3) is 3.81. The molecule has 8 nitrogen and oxygen atoms in total. The van der Waals surface area contributed by atoms with Gasteiger partial charge in [0.15, 0.2) is 0 Å². The lowest BCUT2D eigenvalue weighted by atomic mass is 10.0. The van der Waals surface area contributed by atoms with Crippen LogP contribution in [0.1, 0.15) is 34.3 Å². The van der Waals surface area contributed by atoms with Crippen molar-refractivity contribution in [2.24, 2.45) is 0 Å². The number of hydrogen-bond acceptors (Lipinski definition) is 6. The largest absolute Gasteiger partial charge is 0.464 e. The third-order valence-electron chi connectivity index (χ3n) is 7.34. The Kier molecular flexibility index (Phi) is 5.48. The molecule has 3 aromatic rings. The summed E-state index contributed by atoms with van der Waals surface area (Å²) in [6, 6.07) is 7.04. The average molecular weight is 494 g/mol. The second kappa shape index (κ2) is 8.70. The fraction of sp³-hybridized carbons (Fsp3) is 0.346. The number of furan rings is 1. The molecule has 3 aliphatic heterocycles. The Morgan fingerprint density at radius 2 is 1.81 bits per heavy atom. The Labute approximate surface area is 205 Å². The number of anilines is 1. The Hall–Kier alpha value is -3.79. The van der Waals surface area contributed by atoms with E-state index in [1.807, 2.05) is 4.90 Å². The Morgan fingerprint density at radius 3 is 2.58 bits per heavy atom. The molecule has 186 valence electrons. The molecule has 6 rings (SSSR count). The standard InChI is InChI=1S/C26H24F2N4O4/c27-19-2-1-15(24-17(19)5-10-36-24)13-30-6-8-31(9-7-30)22-11-16-14-32(26(35)18(16)12-20(22)28)21-3-4-23(33)29-25(21)34/h1-2,5,10-12,21H,3-4,6-9,13-14H2,(H,29,33,34). The monoisotopic (exact) mass is 494 g/mol. The van der Waals surface area contributed by atoms with E-state index in [4.69, 9.17) is 4.42 Å². The van der Waals surface area contributed by atoms with Gasteiger partial charge in [0.2, 0.25) is 11.8 Å². The molecule has 0 saturated carbocycles. The zero-order valence-electron chi connectivity index (χ0n) is 19.4. The molecule has 2 saturated heterocycles. The van der Waals surface area contributed by atoms with Crippen molar-refractivity contribution >= 4 is 34.4 Å². The Morgan fingerprint density at radius 1 is 1.00 bits per heavy atom. The number of nitrogens with one attached hydrogen (secondary N) is 1. The van der Waals surface area contributed by atoms with Gasteiger partial charge in [-0.1, -0.05) is 6.07 Å². The highest BCUT2D eigenvalue weighted by molar-refractivity contribution is 6.05. The van der Waals surface area contributed by atoms with Crippen molar-refractivity contribution in [2.45, 2.75) is 32.0 Å². The lowest BCUT2D eigenvalue weighted by Crippen LogP contribution is -2.52. The van der Waals surface area contributed by atoms with Gasteiger partial charge in [-0.25, -0.2) is 8.78 Å². The van der Waals surface area contributed by atoms with Crippen LogP contribution in [0.3, 0.4) is 0 Å². The highest BCUT2D eigenvalue weighted by atomic mass is 19.1. The molecule has 36 heavy (non-hydrogen) atoms. The van der Waals surface area contributed by atoms with Gasteiger partial charge >= 0.3 is 0 Å². The van der Waals surface area contributed by atoms with Gasteiger partial charge in [0.1, 0.15) is 23.3 Å². The van der Waals surface area contributed by atoms with E-state index in [-0.39, 0.29) is 36.7 Å². The minimum absolute atomic E-state index is 0.170. The number of nitrogens with zero attached hydrogens (tertiary/aromatic N) is 3. The highest BCUT2D eigenvalue weighted by Gasteiger charge is 2.40. The van der Waals surface area contributed by atoms with Gasteiger partial charge in [0.25, 0.3) is 5.91 Å². The highest BCUT2D eigenvalue weighted by Crippen LogP contribution is 2.33. The van der Waals surface area contributed by atoms with Gasteiger partial charge < -0.3 is 14.2 Å². The van der Waals surface area contributed by atoms with E-state index in [9.17, 15) is 18.8 Å². The number of benzene rings is 2. The number of piperazine rings is 1. The summed E-state index contributed by atoms with van der Waals surface area (Å²) in [4.78, 5) is 42.2. The lowest BCUT2D eigenvalue weighted by Gasteiger charge is -2.36. The van der Waals surface area contributed by atoms with Gasteiger partial charge in [-0.15, -0.1) is 0 Å². The second-order valence-corrected chi connectivity index (χ2v) is 9.49. The summed E-state index contributed by atoms with van der Waals surface area (Å²) in [6.07, 6.45) is 1.92. The van der Waals surface area contributed by atoms with Crippen LogP contribution >= 0.6 is 0 Å². The molecule has 2 aromatic carbocycles. The van der Waals surface area contributed by atoms with Crippen molar-refractivity contribution in [3.8, 4) is 0 Å². The SMILES string of the molecule is O=C1CCC(N2Cc3cc(N4CCN(Cc5ccc(F)c6ccoc56)CC4)c(F)cc3C2=O)C(=O)N1. The summed E-state index contributed by atoms with van der Waals surface area (Å²) >= 11 is 0. The Bertz CT molecular complexity index is 1400. The molecule has 0 radical (unpaired) electrons. The molecule has 3 amide bonds. The number of halogens is 2. The van der Waals surface area contributed by atoms with Gasteiger partial charge in [-0.3, -0.25) is 24.6 Å². The molecule has 2 fully saturated rings. The van der Waals surface area contributed by atoms with Crippen LogP contribution in [0.15, 0.2) is 41.0 Å². The number of carbonyl (C=O) groups excluding carboxylic acids is 3. The lowest BCUT2D eigenvalue weighted by molar-refractivity contribution is -0.136. The summed E-state index contributed by atoms with van der Waals surface area (Å²) in [5, 5.41) is 2.74. The third-order valence-corrected chi connectivity index (χ3v) is 7.34. The van der Waals surface area contributed by atoms with E-state index < -0.39 is 23.7 Å². The van der Waals surface area contributed by atoms with Crippen molar-refractivity contribution in [2.75, 3.05) is 31.1 Å². The molecule has 0 bridgehead atoms. The van der Waals surface area contributed by atoms with Gasteiger partial charge in [0.05, 0.1) is 17.3 Å². The van der Waals surface area contributed by atoms with Crippen LogP contribution in [0.5, 0.6) is 0 Å². The fourth-order valence-corrected chi connectivity index (χ4v) is 5.42. The normalized spacial score (nSPS) is 20.8. The van der Waals surface area contributed by atoms with E-state index in [2.05, 4.69) is 10.2 Å². The van der Waals surface area contributed by atoms with Crippen LogP contribution in [0.4, 0.5) is 14.5 Å². The minimum Gasteiger partial charge on any atom is -0.464 e. The van der Waals surface area contributed by atoms with Crippen LogP contribution in [-0.2, 0) is 22.7 Å². The van der Waals surface area contributed by atoms with E-state index in [1.54, 1.807) is 18.2 Å². The number of hydrogen-bond donors (Lipinski definition) is 1. The summed E-state index contributed by atoms with van der Waals surface area (Å²) in [5.74, 6) is -2.01. The molecule has 0 spiro atoms. The molecular weight excluding hydrogens is 470 g/mol. The zero-order valence-corrected chi connectivity index (χ0v) is 19.4. The molecule has 3 aliphatic rings. The molecule has 1 N–H and O–H groups in total. The number of fused-ring (bicyclic) bond motifs is 2. The molecule has 1 unspecified atom stereocenters. The van der Waals surface area contributed by atoms with Gasteiger partial charge in [0, 0.05) is 56.8 Å². The molecule has 10 heteroatoms. The van der Waals surface area contributed by atoms with E-state index in [1.165, 1.54) is 23.3 Å². The second-order valence-electron chi connectivity index (χ2n) is 9.49. The van der Waals surface area contributed by atoms with E-state index in [0.29, 0.717) is 54.9 Å².